The number of aromatic nitrogens is 2. The summed E-state index contributed by atoms with van der Waals surface area (Å²) in [6.07, 6.45) is 1.78. The number of carbonyl (C=O) groups excluding carboxylic acids is 1. The highest BCUT2D eigenvalue weighted by atomic mass is 32.1. The van der Waals surface area contributed by atoms with Crippen molar-refractivity contribution in [3.63, 3.8) is 0 Å². The molecular formula is C26H31N5O2S. The average molecular weight is 478 g/mol. The summed E-state index contributed by atoms with van der Waals surface area (Å²) in [4.78, 5) is 21.0. The predicted octanol–water partition coefficient (Wildman–Crippen LogP) is 4.09. The Morgan fingerprint density at radius 1 is 1.18 bits per heavy atom. The molecule has 1 aliphatic heterocycles. The maximum absolute atomic E-state index is 12.5. The maximum Gasteiger partial charge on any atom is 0.325 e. The van der Waals surface area contributed by atoms with Crippen LogP contribution in [0.1, 0.15) is 41.7 Å². The number of nitrogens with zero attached hydrogens (tertiary/aromatic N) is 4. The Hall–Kier alpha value is -3.39. The van der Waals surface area contributed by atoms with Gasteiger partial charge in [-0.25, -0.2) is 0 Å². The Labute approximate surface area is 206 Å². The van der Waals surface area contributed by atoms with Gasteiger partial charge in [-0.05, 0) is 81.0 Å². The number of ether oxygens (including phenoxy) is 1. The SMILES string of the molecule is CCOC(=O)CN1C(=S)N[C@@H](c2ccccn2)[C@@H]1c1cc(C)n(-c2ccc(N(C)C)cc2)c1C. The fraction of sp³-hybridized carbons (Fsp3) is 0.346. The Bertz CT molecular complexity index is 1170. The van der Waals surface area contributed by atoms with E-state index in [1.54, 1.807) is 6.20 Å². The molecule has 178 valence electrons. The van der Waals surface area contributed by atoms with Crippen LogP contribution in [0.3, 0.4) is 0 Å². The second-order valence-corrected chi connectivity index (χ2v) is 9.02. The third kappa shape index (κ3) is 4.50. The lowest BCUT2D eigenvalue weighted by Gasteiger charge is -2.27. The quantitative estimate of drug-likeness (QED) is 0.406. The van der Waals surface area contributed by atoms with Crippen LogP contribution in [-0.2, 0) is 9.53 Å². The summed E-state index contributed by atoms with van der Waals surface area (Å²) in [7, 11) is 4.07. The van der Waals surface area contributed by atoms with Gasteiger partial charge >= 0.3 is 5.97 Å². The smallest absolute Gasteiger partial charge is 0.325 e. The molecule has 0 amide bonds. The number of esters is 1. The van der Waals surface area contributed by atoms with Gasteiger partial charge in [0.15, 0.2) is 5.11 Å². The van der Waals surface area contributed by atoms with Crippen LogP contribution in [0.15, 0.2) is 54.7 Å². The summed E-state index contributed by atoms with van der Waals surface area (Å²) in [5, 5.41) is 3.93. The molecule has 0 radical (unpaired) electrons. The zero-order valence-corrected chi connectivity index (χ0v) is 21.1. The first-order valence-corrected chi connectivity index (χ1v) is 11.8. The fourth-order valence-corrected chi connectivity index (χ4v) is 4.95. The number of aryl methyl sites for hydroxylation is 1. The third-order valence-corrected chi connectivity index (χ3v) is 6.57. The summed E-state index contributed by atoms with van der Waals surface area (Å²) in [6, 6.07) is 16.1. The van der Waals surface area contributed by atoms with E-state index in [9.17, 15) is 4.79 Å². The first kappa shape index (κ1) is 23.8. The summed E-state index contributed by atoms with van der Waals surface area (Å²) in [5.41, 5.74) is 6.42. The van der Waals surface area contributed by atoms with E-state index in [2.05, 4.69) is 63.9 Å². The average Bonchev–Trinajstić information content (AvgIpc) is 3.29. The largest absolute Gasteiger partial charge is 0.465 e. The van der Waals surface area contributed by atoms with Crippen molar-refractivity contribution in [3.8, 4) is 5.69 Å². The van der Waals surface area contributed by atoms with Crippen LogP contribution in [0.2, 0.25) is 0 Å². The lowest BCUT2D eigenvalue weighted by atomic mass is 9.97. The first-order valence-electron chi connectivity index (χ1n) is 11.4. The lowest BCUT2D eigenvalue weighted by Crippen LogP contribution is -2.35. The van der Waals surface area contributed by atoms with Crippen LogP contribution < -0.4 is 10.2 Å². The number of pyridine rings is 1. The summed E-state index contributed by atoms with van der Waals surface area (Å²) in [6.45, 7) is 6.43. The minimum absolute atomic E-state index is 0.0782. The number of thiocarbonyl (C=S) groups is 1. The second kappa shape index (κ2) is 9.85. The van der Waals surface area contributed by atoms with Gasteiger partial charge in [-0.1, -0.05) is 6.07 Å². The van der Waals surface area contributed by atoms with E-state index >= 15 is 0 Å². The van der Waals surface area contributed by atoms with E-state index in [1.807, 2.05) is 44.1 Å². The van der Waals surface area contributed by atoms with Gasteiger partial charge in [-0.2, -0.15) is 0 Å². The molecule has 7 nitrogen and oxygen atoms in total. The highest BCUT2D eigenvalue weighted by molar-refractivity contribution is 7.80. The number of benzene rings is 1. The van der Waals surface area contributed by atoms with Crippen molar-refractivity contribution in [2.24, 2.45) is 0 Å². The molecule has 1 saturated heterocycles. The first-order chi connectivity index (χ1) is 16.3. The van der Waals surface area contributed by atoms with Gasteiger partial charge in [0.1, 0.15) is 6.54 Å². The molecule has 1 N–H and O–H groups in total. The molecule has 0 bridgehead atoms. The number of anilines is 1. The summed E-state index contributed by atoms with van der Waals surface area (Å²) in [5.74, 6) is -0.300. The number of nitrogens with one attached hydrogen (secondary N) is 1. The monoisotopic (exact) mass is 477 g/mol. The molecule has 4 rings (SSSR count). The van der Waals surface area contributed by atoms with Crippen LogP contribution in [0, 0.1) is 13.8 Å². The van der Waals surface area contributed by atoms with E-state index in [0.29, 0.717) is 11.7 Å². The minimum Gasteiger partial charge on any atom is -0.465 e. The topological polar surface area (TPSA) is 62.6 Å². The number of hydrogen-bond donors (Lipinski definition) is 1. The second-order valence-electron chi connectivity index (χ2n) is 8.63. The Morgan fingerprint density at radius 3 is 2.53 bits per heavy atom. The Morgan fingerprint density at radius 2 is 1.91 bits per heavy atom. The van der Waals surface area contributed by atoms with Crippen molar-refractivity contribution in [1.82, 2.24) is 19.8 Å². The molecule has 0 spiro atoms. The van der Waals surface area contributed by atoms with E-state index in [0.717, 1.165) is 34.0 Å². The number of rotatable bonds is 7. The Balaban J connectivity index is 1.78. The van der Waals surface area contributed by atoms with E-state index in [-0.39, 0.29) is 24.6 Å². The summed E-state index contributed by atoms with van der Waals surface area (Å²) >= 11 is 5.68. The zero-order chi connectivity index (χ0) is 24.4. The van der Waals surface area contributed by atoms with Crippen molar-refractivity contribution < 1.29 is 9.53 Å². The molecule has 34 heavy (non-hydrogen) atoms. The molecule has 1 aromatic carbocycles. The van der Waals surface area contributed by atoms with Gasteiger partial charge in [0, 0.05) is 43.1 Å². The molecule has 1 aliphatic rings. The van der Waals surface area contributed by atoms with Crippen LogP contribution in [0.25, 0.3) is 5.69 Å². The van der Waals surface area contributed by atoms with Crippen molar-refractivity contribution in [2.75, 3.05) is 32.1 Å². The van der Waals surface area contributed by atoms with Gasteiger partial charge in [-0.15, -0.1) is 0 Å². The molecule has 2 aromatic heterocycles. The highest BCUT2D eigenvalue weighted by Crippen LogP contribution is 2.41. The number of hydrogen-bond acceptors (Lipinski definition) is 5. The third-order valence-electron chi connectivity index (χ3n) is 6.22. The lowest BCUT2D eigenvalue weighted by molar-refractivity contribution is -0.143. The van der Waals surface area contributed by atoms with Gasteiger partial charge in [0.25, 0.3) is 0 Å². The molecule has 8 heteroatoms. The van der Waals surface area contributed by atoms with E-state index < -0.39 is 0 Å². The molecule has 0 aliphatic carbocycles. The highest BCUT2D eigenvalue weighted by Gasteiger charge is 2.42. The van der Waals surface area contributed by atoms with Gasteiger partial charge in [0.05, 0.1) is 24.4 Å². The van der Waals surface area contributed by atoms with Crippen molar-refractivity contribution in [3.05, 3.63) is 77.4 Å². The van der Waals surface area contributed by atoms with Crippen LogP contribution in [-0.4, -0.2) is 52.8 Å². The predicted molar refractivity (Wildman–Crippen MR) is 138 cm³/mol. The van der Waals surface area contributed by atoms with E-state index in [1.165, 1.54) is 0 Å². The van der Waals surface area contributed by atoms with Crippen LogP contribution in [0.4, 0.5) is 5.69 Å². The van der Waals surface area contributed by atoms with Crippen LogP contribution >= 0.6 is 12.2 Å². The molecule has 0 unspecified atom stereocenters. The van der Waals surface area contributed by atoms with Gasteiger partial charge in [-0.3, -0.25) is 9.78 Å². The standard InChI is InChI=1S/C26H31N5O2S/c1-6-33-23(32)16-30-25(24(28-26(30)34)22-9-7-8-14-27-22)21-15-17(2)31(18(21)3)20-12-10-19(11-13-20)29(4)5/h7-15,24-25H,6,16H2,1-5H3,(H,28,34)/t24-,25-/m0/s1. The van der Waals surface area contributed by atoms with Crippen molar-refractivity contribution >= 4 is 29.0 Å². The van der Waals surface area contributed by atoms with Gasteiger partial charge < -0.3 is 24.4 Å². The molecule has 2 atom stereocenters. The Kier molecular flexibility index (Phi) is 6.88. The molecule has 3 aromatic rings. The van der Waals surface area contributed by atoms with Crippen molar-refractivity contribution in [1.29, 1.82) is 0 Å². The summed E-state index contributed by atoms with van der Waals surface area (Å²) < 4.78 is 7.49. The normalized spacial score (nSPS) is 17.6. The maximum atomic E-state index is 12.5. The fourth-order valence-electron chi connectivity index (χ4n) is 4.64. The van der Waals surface area contributed by atoms with Gasteiger partial charge in [0.2, 0.25) is 0 Å². The zero-order valence-electron chi connectivity index (χ0n) is 20.3. The van der Waals surface area contributed by atoms with Crippen molar-refractivity contribution in [2.45, 2.75) is 32.9 Å². The van der Waals surface area contributed by atoms with Crippen LogP contribution in [0.5, 0.6) is 0 Å². The molecule has 3 heterocycles. The molecule has 1 fully saturated rings. The minimum atomic E-state index is -0.300. The van der Waals surface area contributed by atoms with E-state index in [4.69, 9.17) is 17.0 Å². The molecule has 0 saturated carbocycles. The number of carbonyl (C=O) groups is 1. The molecular weight excluding hydrogens is 446 g/mol.